The average molecular weight is 511 g/mol. The minimum absolute atomic E-state index is 0.0150. The zero-order chi connectivity index (χ0) is 24.8. The number of para-hydroxylation sites is 1. The molecule has 2 atom stereocenters. The molecule has 2 aromatic carbocycles. The number of amides is 1. The largest absolute Gasteiger partial charge is 0.611 e. The van der Waals surface area contributed by atoms with E-state index in [1.807, 2.05) is 54.3 Å². The van der Waals surface area contributed by atoms with Gasteiger partial charge in [0.2, 0.25) is 0 Å². The van der Waals surface area contributed by atoms with Gasteiger partial charge in [0.05, 0.1) is 10.7 Å². The number of carbonyl (C=O) groups is 1. The van der Waals surface area contributed by atoms with Crippen LogP contribution < -0.4 is 4.90 Å². The van der Waals surface area contributed by atoms with Crippen LogP contribution in [0.2, 0.25) is 5.02 Å². The molecule has 1 amide bonds. The number of unbranched alkanes of at least 4 members (excludes halogenated alkanes) is 1. The summed E-state index contributed by atoms with van der Waals surface area (Å²) in [4.78, 5) is 18.2. The van der Waals surface area contributed by atoms with Crippen LogP contribution >= 0.6 is 11.6 Å². The number of halogens is 1. The molecular formula is C29H35ClN2O2S. The first-order chi connectivity index (χ1) is 17.0. The SMILES string of the molecule is CCCCC1=CCC(C[S+]([O-])c2ccc(C)c(C(=O)N3CCN(c4ccccc4Cl)CC3)c2)C=C1. The molecule has 0 bridgehead atoms. The van der Waals surface area contributed by atoms with E-state index in [9.17, 15) is 9.35 Å². The fourth-order valence-electron chi connectivity index (χ4n) is 4.69. The van der Waals surface area contributed by atoms with Gasteiger partial charge in [0.1, 0.15) is 5.75 Å². The number of rotatable bonds is 8. The van der Waals surface area contributed by atoms with E-state index in [0.29, 0.717) is 24.4 Å². The molecule has 4 rings (SSSR count). The Morgan fingerprint density at radius 2 is 1.91 bits per heavy atom. The maximum Gasteiger partial charge on any atom is 0.254 e. The van der Waals surface area contributed by atoms with Crippen LogP contribution in [0.3, 0.4) is 0 Å². The lowest BCUT2D eigenvalue weighted by molar-refractivity contribution is 0.0746. The number of allylic oxidation sites excluding steroid dienone is 4. The quantitative estimate of drug-likeness (QED) is 0.385. The average Bonchev–Trinajstić information content (AvgIpc) is 2.88. The molecule has 1 aliphatic carbocycles. The minimum atomic E-state index is -1.15. The molecule has 0 saturated carbocycles. The molecule has 6 heteroatoms. The number of hydrogen-bond acceptors (Lipinski definition) is 3. The number of benzene rings is 2. The summed E-state index contributed by atoms with van der Waals surface area (Å²) in [6.45, 7) is 6.91. The molecule has 0 radical (unpaired) electrons. The van der Waals surface area contributed by atoms with Crippen molar-refractivity contribution in [2.24, 2.45) is 5.92 Å². The van der Waals surface area contributed by atoms with Crippen molar-refractivity contribution in [2.75, 3.05) is 36.8 Å². The molecule has 2 unspecified atom stereocenters. The Bertz CT molecular complexity index is 1090. The monoisotopic (exact) mass is 510 g/mol. The Kier molecular flexibility index (Phi) is 8.99. The molecule has 35 heavy (non-hydrogen) atoms. The summed E-state index contributed by atoms with van der Waals surface area (Å²) < 4.78 is 13.2. The zero-order valence-corrected chi connectivity index (χ0v) is 22.3. The Labute approximate surface area is 217 Å². The van der Waals surface area contributed by atoms with Crippen molar-refractivity contribution in [3.8, 4) is 0 Å². The number of carbonyl (C=O) groups excluding carboxylic acids is 1. The first-order valence-corrected chi connectivity index (χ1v) is 14.3. The summed E-state index contributed by atoms with van der Waals surface area (Å²) in [5.41, 5.74) is 3.99. The Hall–Kier alpha value is -2.21. The van der Waals surface area contributed by atoms with Crippen LogP contribution in [-0.4, -0.2) is 47.3 Å². The third-order valence-electron chi connectivity index (χ3n) is 6.91. The summed E-state index contributed by atoms with van der Waals surface area (Å²) in [5.74, 6) is 0.877. The normalized spacial score (nSPS) is 19.0. The van der Waals surface area contributed by atoms with Crippen molar-refractivity contribution in [2.45, 2.75) is 44.4 Å². The first-order valence-electron chi connectivity index (χ1n) is 12.6. The van der Waals surface area contributed by atoms with Gasteiger partial charge in [0, 0.05) is 43.7 Å². The van der Waals surface area contributed by atoms with Gasteiger partial charge in [-0.3, -0.25) is 4.79 Å². The number of aryl methyl sites for hydroxylation is 1. The molecule has 0 N–H and O–H groups in total. The lowest BCUT2D eigenvalue weighted by atomic mass is 9.96. The van der Waals surface area contributed by atoms with Crippen LogP contribution in [-0.2, 0) is 11.2 Å². The maximum absolute atomic E-state index is 13.4. The van der Waals surface area contributed by atoms with Gasteiger partial charge >= 0.3 is 0 Å². The smallest absolute Gasteiger partial charge is 0.254 e. The van der Waals surface area contributed by atoms with Crippen molar-refractivity contribution in [1.29, 1.82) is 0 Å². The molecule has 0 aromatic heterocycles. The van der Waals surface area contributed by atoms with E-state index in [-0.39, 0.29) is 11.8 Å². The Morgan fingerprint density at radius 1 is 1.14 bits per heavy atom. The van der Waals surface area contributed by atoms with Crippen LogP contribution in [0.5, 0.6) is 0 Å². The fraction of sp³-hybridized carbons (Fsp3) is 0.414. The van der Waals surface area contributed by atoms with Gasteiger partial charge in [-0.05, 0) is 61.1 Å². The molecule has 1 heterocycles. The summed E-state index contributed by atoms with van der Waals surface area (Å²) in [6.07, 6.45) is 11.2. The third kappa shape index (κ3) is 6.52. The third-order valence-corrected chi connectivity index (χ3v) is 8.74. The number of piperazine rings is 1. The van der Waals surface area contributed by atoms with E-state index < -0.39 is 11.2 Å². The lowest BCUT2D eigenvalue weighted by Gasteiger charge is -2.36. The number of hydrogen-bond donors (Lipinski definition) is 0. The highest BCUT2D eigenvalue weighted by molar-refractivity contribution is 7.91. The molecule has 186 valence electrons. The van der Waals surface area contributed by atoms with Gasteiger partial charge < -0.3 is 14.4 Å². The Balaban J connectivity index is 1.37. The molecule has 1 saturated heterocycles. The van der Waals surface area contributed by atoms with Gasteiger partial charge in [-0.1, -0.05) is 66.9 Å². The second-order valence-electron chi connectivity index (χ2n) is 9.46. The van der Waals surface area contributed by atoms with Gasteiger partial charge in [-0.25, -0.2) is 0 Å². The molecule has 2 aromatic rings. The summed E-state index contributed by atoms with van der Waals surface area (Å²) in [7, 11) is 0. The fourth-order valence-corrected chi connectivity index (χ4v) is 6.24. The van der Waals surface area contributed by atoms with Crippen LogP contribution in [0.25, 0.3) is 0 Å². The van der Waals surface area contributed by atoms with Gasteiger partial charge in [0.15, 0.2) is 4.90 Å². The summed E-state index contributed by atoms with van der Waals surface area (Å²) in [5, 5.41) is 0.735. The minimum Gasteiger partial charge on any atom is -0.611 e. The predicted molar refractivity (Wildman–Crippen MR) is 147 cm³/mol. The second kappa shape index (κ2) is 12.2. The van der Waals surface area contributed by atoms with E-state index in [1.165, 1.54) is 18.4 Å². The molecule has 1 aliphatic heterocycles. The first kappa shape index (κ1) is 25.9. The van der Waals surface area contributed by atoms with Crippen molar-refractivity contribution in [1.82, 2.24) is 4.90 Å². The van der Waals surface area contributed by atoms with Crippen molar-refractivity contribution < 1.29 is 9.35 Å². The highest BCUT2D eigenvalue weighted by Gasteiger charge is 2.26. The van der Waals surface area contributed by atoms with Crippen LogP contribution in [0, 0.1) is 12.8 Å². The van der Waals surface area contributed by atoms with Crippen LogP contribution in [0.4, 0.5) is 5.69 Å². The zero-order valence-electron chi connectivity index (χ0n) is 20.7. The van der Waals surface area contributed by atoms with E-state index in [2.05, 4.69) is 30.1 Å². The van der Waals surface area contributed by atoms with Crippen LogP contribution in [0.1, 0.15) is 48.5 Å². The van der Waals surface area contributed by atoms with E-state index >= 15 is 0 Å². The molecular weight excluding hydrogens is 476 g/mol. The van der Waals surface area contributed by atoms with Crippen molar-refractivity contribution >= 4 is 34.4 Å². The summed E-state index contributed by atoms with van der Waals surface area (Å²) in [6, 6.07) is 13.5. The van der Waals surface area contributed by atoms with E-state index in [4.69, 9.17) is 11.6 Å². The van der Waals surface area contributed by atoms with Crippen LogP contribution in [0.15, 0.2) is 71.2 Å². The van der Waals surface area contributed by atoms with E-state index in [1.54, 1.807) is 0 Å². The summed E-state index contributed by atoms with van der Waals surface area (Å²) >= 11 is 5.21. The second-order valence-corrected chi connectivity index (χ2v) is 11.4. The standard InChI is InChI=1S/C29H35ClN2O2S/c1-3-4-7-23-11-13-24(14-12-23)21-35(34)25-15-10-22(2)26(20-25)29(33)32-18-16-31(17-19-32)28-9-6-5-8-27(28)30/h5-6,8-13,15,20,24H,3-4,7,14,16-19,21H2,1-2H3. The highest BCUT2D eigenvalue weighted by atomic mass is 35.5. The molecule has 1 fully saturated rings. The number of anilines is 1. The predicted octanol–water partition coefficient (Wildman–Crippen LogP) is 6.41. The number of nitrogens with zero attached hydrogens (tertiary/aromatic N) is 2. The lowest BCUT2D eigenvalue weighted by Crippen LogP contribution is -2.49. The molecule has 2 aliphatic rings. The molecule has 4 nitrogen and oxygen atoms in total. The topological polar surface area (TPSA) is 46.6 Å². The molecule has 0 spiro atoms. The maximum atomic E-state index is 13.4. The Morgan fingerprint density at radius 3 is 2.60 bits per heavy atom. The van der Waals surface area contributed by atoms with Gasteiger partial charge in [0.25, 0.3) is 5.91 Å². The van der Waals surface area contributed by atoms with Gasteiger partial charge in [-0.15, -0.1) is 0 Å². The highest BCUT2D eigenvalue weighted by Crippen LogP contribution is 2.28. The van der Waals surface area contributed by atoms with Crippen molar-refractivity contribution in [3.05, 3.63) is 82.4 Å². The van der Waals surface area contributed by atoms with Gasteiger partial charge in [-0.2, -0.15) is 0 Å². The van der Waals surface area contributed by atoms with Crippen molar-refractivity contribution in [3.63, 3.8) is 0 Å². The van der Waals surface area contributed by atoms with E-state index in [0.717, 1.165) is 47.1 Å².